The van der Waals surface area contributed by atoms with E-state index in [0.717, 1.165) is 23.1 Å². The predicted octanol–water partition coefficient (Wildman–Crippen LogP) is 3.83. The number of ether oxygens (including phenoxy) is 2. The molecule has 3 rings (SSSR count). The topological polar surface area (TPSA) is 35.5 Å². The van der Waals surface area contributed by atoms with Gasteiger partial charge in [0.05, 0.1) is 10.6 Å². The molecular formula is C15H16Br2O3. The van der Waals surface area contributed by atoms with Crippen molar-refractivity contribution in [3.05, 3.63) is 27.0 Å². The molecule has 2 heterocycles. The van der Waals surface area contributed by atoms with Crippen molar-refractivity contribution < 1.29 is 14.3 Å². The molecule has 1 saturated heterocycles. The lowest BCUT2D eigenvalue weighted by atomic mass is 10.1. The summed E-state index contributed by atoms with van der Waals surface area (Å²) in [6.07, 6.45) is 4.63. The van der Waals surface area contributed by atoms with Crippen LogP contribution in [0.5, 0.6) is 0 Å². The molecule has 0 aromatic heterocycles. The first-order valence-corrected chi connectivity index (χ1v) is 8.53. The summed E-state index contributed by atoms with van der Waals surface area (Å²) in [5.41, 5.74) is 2.99. The van der Waals surface area contributed by atoms with Gasteiger partial charge in [0.25, 0.3) is 0 Å². The van der Waals surface area contributed by atoms with Crippen LogP contribution in [0.15, 0.2) is 27.0 Å². The largest absolute Gasteiger partial charge is 0.490 e. The fourth-order valence-electron chi connectivity index (χ4n) is 3.06. The van der Waals surface area contributed by atoms with Gasteiger partial charge in [0.15, 0.2) is 0 Å². The fourth-order valence-corrected chi connectivity index (χ4v) is 4.00. The first-order valence-electron chi connectivity index (χ1n) is 6.82. The van der Waals surface area contributed by atoms with E-state index >= 15 is 0 Å². The van der Waals surface area contributed by atoms with Gasteiger partial charge in [-0.15, -0.1) is 5.73 Å². The summed E-state index contributed by atoms with van der Waals surface area (Å²) in [6.45, 7) is 1.65. The van der Waals surface area contributed by atoms with Gasteiger partial charge in [-0.1, -0.05) is 15.9 Å². The number of halogens is 2. The summed E-state index contributed by atoms with van der Waals surface area (Å²) in [7, 11) is 0. The van der Waals surface area contributed by atoms with Gasteiger partial charge in [-0.05, 0) is 41.3 Å². The van der Waals surface area contributed by atoms with E-state index < -0.39 is 0 Å². The zero-order valence-electron chi connectivity index (χ0n) is 11.1. The van der Waals surface area contributed by atoms with Gasteiger partial charge in [-0.2, -0.15) is 0 Å². The first kappa shape index (κ1) is 14.6. The maximum absolute atomic E-state index is 11.2. The fraction of sp³-hybridized carbons (Fsp3) is 0.600. The molecular weight excluding hydrogens is 388 g/mol. The van der Waals surface area contributed by atoms with E-state index in [9.17, 15) is 4.79 Å². The maximum Gasteiger partial charge on any atom is 0.132 e. The smallest absolute Gasteiger partial charge is 0.132 e. The molecule has 0 aromatic carbocycles. The summed E-state index contributed by atoms with van der Waals surface area (Å²) in [5.74, 6) is 2.14. The monoisotopic (exact) mass is 402 g/mol. The quantitative estimate of drug-likeness (QED) is 0.669. The van der Waals surface area contributed by atoms with E-state index in [-0.39, 0.29) is 24.1 Å². The number of ketones is 1. The Morgan fingerprint density at radius 1 is 1.50 bits per heavy atom. The van der Waals surface area contributed by atoms with Crippen LogP contribution in [0.25, 0.3) is 0 Å². The summed E-state index contributed by atoms with van der Waals surface area (Å²) in [4.78, 5) is 12.9. The molecule has 108 valence electrons. The van der Waals surface area contributed by atoms with Crippen LogP contribution in [-0.4, -0.2) is 24.1 Å². The van der Waals surface area contributed by atoms with Crippen LogP contribution < -0.4 is 0 Å². The molecule has 2 aliphatic heterocycles. The van der Waals surface area contributed by atoms with Gasteiger partial charge in [-0.25, -0.2) is 0 Å². The number of allylic oxidation sites excluding steroid dienone is 1. The lowest BCUT2D eigenvalue weighted by molar-refractivity contribution is -0.117. The summed E-state index contributed by atoms with van der Waals surface area (Å²) in [6, 6.07) is 0. The standard InChI is InChI=1S/C15H16Br2O3/c1-8(18)5-9-6-11(9)14-13(17)15-12(20-14)7-10(19-15)3-2-4-16/h3-4,9-12,15H,5-7H2,1H3. The second-order valence-corrected chi connectivity index (χ2v) is 6.96. The van der Waals surface area contributed by atoms with Gasteiger partial charge in [0.1, 0.15) is 23.8 Å². The third kappa shape index (κ3) is 2.82. The number of fused-ring (bicyclic) bond motifs is 1. The van der Waals surface area contributed by atoms with Crippen molar-refractivity contribution in [2.75, 3.05) is 0 Å². The van der Waals surface area contributed by atoms with Crippen molar-refractivity contribution in [2.24, 2.45) is 11.8 Å². The van der Waals surface area contributed by atoms with Gasteiger partial charge >= 0.3 is 0 Å². The third-order valence-corrected chi connectivity index (χ3v) is 5.15. The third-order valence-electron chi connectivity index (χ3n) is 4.04. The second-order valence-electron chi connectivity index (χ2n) is 5.65. The molecule has 5 unspecified atom stereocenters. The van der Waals surface area contributed by atoms with E-state index in [1.165, 1.54) is 0 Å². The van der Waals surface area contributed by atoms with Crippen LogP contribution in [-0.2, 0) is 14.3 Å². The highest BCUT2D eigenvalue weighted by atomic mass is 79.9. The minimum absolute atomic E-state index is 0.00181. The molecule has 5 atom stereocenters. The highest BCUT2D eigenvalue weighted by molar-refractivity contribution is 9.11. The van der Waals surface area contributed by atoms with E-state index in [0.29, 0.717) is 18.3 Å². The molecule has 3 aliphatic rings. The van der Waals surface area contributed by atoms with Crippen molar-refractivity contribution in [1.82, 2.24) is 0 Å². The maximum atomic E-state index is 11.2. The second kappa shape index (κ2) is 5.80. The highest BCUT2D eigenvalue weighted by Crippen LogP contribution is 2.53. The number of hydrogen-bond acceptors (Lipinski definition) is 3. The zero-order chi connectivity index (χ0) is 14.3. The van der Waals surface area contributed by atoms with Crippen molar-refractivity contribution in [3.63, 3.8) is 0 Å². The molecule has 0 aromatic rings. The normalized spacial score (nSPS) is 38.0. The Balaban J connectivity index is 1.65. The lowest BCUT2D eigenvalue weighted by Crippen LogP contribution is -2.16. The molecule has 0 amide bonds. The average molecular weight is 404 g/mol. The van der Waals surface area contributed by atoms with Crippen LogP contribution in [0, 0.1) is 11.8 Å². The van der Waals surface area contributed by atoms with Crippen molar-refractivity contribution >= 4 is 37.6 Å². The average Bonchev–Trinajstić information content (AvgIpc) is 2.91. The Labute approximate surface area is 135 Å². The number of carbonyl (C=O) groups is 1. The minimum Gasteiger partial charge on any atom is -0.490 e. The lowest BCUT2D eigenvalue weighted by Gasteiger charge is -2.09. The van der Waals surface area contributed by atoms with E-state index in [1.54, 1.807) is 11.9 Å². The summed E-state index contributed by atoms with van der Waals surface area (Å²) < 4.78 is 13.1. The van der Waals surface area contributed by atoms with Crippen molar-refractivity contribution in [3.8, 4) is 0 Å². The predicted molar refractivity (Wildman–Crippen MR) is 82.6 cm³/mol. The van der Waals surface area contributed by atoms with E-state index in [4.69, 9.17) is 9.47 Å². The SMILES string of the molecule is CC(=O)CC1CC1C1=C(Br)C2OC(C=C=CBr)CC2O1. The zero-order valence-corrected chi connectivity index (χ0v) is 14.3. The Kier molecular flexibility index (Phi) is 4.23. The number of Topliss-reactive ketones (excluding diaryl/α,β-unsaturated/α-hetero) is 1. The molecule has 0 bridgehead atoms. The van der Waals surface area contributed by atoms with Crippen LogP contribution in [0.2, 0.25) is 0 Å². The molecule has 1 aliphatic carbocycles. The molecule has 0 radical (unpaired) electrons. The number of rotatable bonds is 4. The molecule has 0 spiro atoms. The molecule has 1 saturated carbocycles. The van der Waals surface area contributed by atoms with Gasteiger partial charge < -0.3 is 14.3 Å². The Hall–Kier alpha value is -0.350. The van der Waals surface area contributed by atoms with Crippen molar-refractivity contribution in [1.29, 1.82) is 0 Å². The highest BCUT2D eigenvalue weighted by Gasteiger charge is 2.51. The van der Waals surface area contributed by atoms with E-state index in [2.05, 4.69) is 37.6 Å². The molecule has 20 heavy (non-hydrogen) atoms. The molecule has 0 N–H and O–H groups in total. The number of hydrogen-bond donors (Lipinski definition) is 0. The summed E-state index contributed by atoms with van der Waals surface area (Å²) in [5, 5.41) is 0. The Morgan fingerprint density at radius 2 is 2.30 bits per heavy atom. The molecule has 2 fully saturated rings. The van der Waals surface area contributed by atoms with Gasteiger partial charge in [0, 0.05) is 23.7 Å². The Bertz CT molecular complexity index is 519. The van der Waals surface area contributed by atoms with E-state index in [1.807, 2.05) is 6.08 Å². The minimum atomic E-state index is 0.00181. The van der Waals surface area contributed by atoms with Crippen molar-refractivity contribution in [2.45, 2.75) is 44.5 Å². The van der Waals surface area contributed by atoms with Crippen LogP contribution in [0.4, 0.5) is 0 Å². The number of carbonyl (C=O) groups excluding carboxylic acids is 1. The molecule has 5 heteroatoms. The first-order chi connectivity index (χ1) is 9.60. The van der Waals surface area contributed by atoms with Crippen LogP contribution in [0.3, 0.4) is 0 Å². The van der Waals surface area contributed by atoms with Gasteiger partial charge in [-0.3, -0.25) is 0 Å². The van der Waals surface area contributed by atoms with Gasteiger partial charge in [0.2, 0.25) is 0 Å². The van der Waals surface area contributed by atoms with Crippen LogP contribution in [0.1, 0.15) is 26.2 Å². The Morgan fingerprint density at radius 3 is 2.95 bits per heavy atom. The van der Waals surface area contributed by atoms with Crippen LogP contribution >= 0.6 is 31.9 Å². The molecule has 3 nitrogen and oxygen atoms in total. The summed E-state index contributed by atoms with van der Waals surface area (Å²) >= 11 is 6.83.